The molecule has 0 radical (unpaired) electrons. The van der Waals surface area contributed by atoms with Crippen LogP contribution in [0.3, 0.4) is 0 Å². The largest absolute Gasteiger partial charge is 0.507 e. The molecule has 0 saturated carbocycles. The zero-order valence-electron chi connectivity index (χ0n) is 13.7. The third kappa shape index (κ3) is 5.02. The fourth-order valence-electron chi connectivity index (χ4n) is 2.23. The van der Waals surface area contributed by atoms with Crippen molar-refractivity contribution in [2.45, 2.75) is 33.2 Å². The molecule has 2 N–H and O–H groups in total. The summed E-state index contributed by atoms with van der Waals surface area (Å²) in [7, 11) is 0. The van der Waals surface area contributed by atoms with Gasteiger partial charge in [-0.3, -0.25) is 0 Å². The van der Waals surface area contributed by atoms with Crippen LogP contribution in [0.25, 0.3) is 0 Å². The fourth-order valence-corrected chi connectivity index (χ4v) is 2.23. The second kappa shape index (κ2) is 8.83. The highest BCUT2D eigenvalue weighted by atomic mass is 16.5. The Hall–Kier alpha value is -2.49. The molecule has 0 aromatic heterocycles. The lowest BCUT2D eigenvalue weighted by Crippen LogP contribution is -2.11. The number of hydrogen-bond acceptors (Lipinski definition) is 4. The smallest absolute Gasteiger partial charge is 0.132 e. The average Bonchev–Trinajstić information content (AvgIpc) is 2.56. The molecule has 0 bridgehead atoms. The van der Waals surface area contributed by atoms with Crippen molar-refractivity contribution in [2.24, 2.45) is 5.10 Å². The van der Waals surface area contributed by atoms with E-state index in [2.05, 4.69) is 17.5 Å². The van der Waals surface area contributed by atoms with Gasteiger partial charge in [-0.15, -0.1) is 0 Å². The van der Waals surface area contributed by atoms with Crippen LogP contribution < -0.4 is 10.2 Å². The van der Waals surface area contributed by atoms with Crippen LogP contribution in [0, 0.1) is 0 Å². The Balaban J connectivity index is 2.07. The molecule has 0 atom stereocenters. The molecule has 4 nitrogen and oxygen atoms in total. The van der Waals surface area contributed by atoms with Crippen LogP contribution in [-0.2, 0) is 6.54 Å². The SMILES string of the molecule is CCCCOc1cccc(O)c1/C(C)=N/NCc1ccccc1. The highest BCUT2D eigenvalue weighted by Crippen LogP contribution is 2.28. The maximum Gasteiger partial charge on any atom is 0.132 e. The van der Waals surface area contributed by atoms with Gasteiger partial charge in [-0.05, 0) is 31.0 Å². The Kier molecular flexibility index (Phi) is 6.48. The zero-order valence-corrected chi connectivity index (χ0v) is 13.7. The van der Waals surface area contributed by atoms with Gasteiger partial charge in [0.05, 0.1) is 24.4 Å². The number of ether oxygens (including phenoxy) is 1. The lowest BCUT2D eigenvalue weighted by Gasteiger charge is -2.13. The Labute approximate surface area is 137 Å². The summed E-state index contributed by atoms with van der Waals surface area (Å²) in [6.07, 6.45) is 2.05. The summed E-state index contributed by atoms with van der Waals surface area (Å²) in [5, 5.41) is 14.5. The van der Waals surface area contributed by atoms with Gasteiger partial charge < -0.3 is 15.3 Å². The summed E-state index contributed by atoms with van der Waals surface area (Å²) in [6.45, 7) is 5.25. The zero-order chi connectivity index (χ0) is 16.5. The Morgan fingerprint density at radius 2 is 1.91 bits per heavy atom. The lowest BCUT2D eigenvalue weighted by molar-refractivity contribution is 0.307. The normalized spacial score (nSPS) is 11.3. The van der Waals surface area contributed by atoms with E-state index in [0.717, 1.165) is 18.4 Å². The van der Waals surface area contributed by atoms with Gasteiger partial charge in [0.15, 0.2) is 0 Å². The Morgan fingerprint density at radius 1 is 1.13 bits per heavy atom. The van der Waals surface area contributed by atoms with Crippen molar-refractivity contribution in [3.63, 3.8) is 0 Å². The van der Waals surface area contributed by atoms with Crippen LogP contribution in [-0.4, -0.2) is 17.4 Å². The third-order valence-electron chi connectivity index (χ3n) is 3.49. The molecule has 0 saturated heterocycles. The quantitative estimate of drug-likeness (QED) is 0.438. The molecule has 0 spiro atoms. The summed E-state index contributed by atoms with van der Waals surface area (Å²) >= 11 is 0. The van der Waals surface area contributed by atoms with Crippen LogP contribution in [0.1, 0.15) is 37.8 Å². The van der Waals surface area contributed by atoms with Crippen molar-refractivity contribution < 1.29 is 9.84 Å². The number of phenols is 1. The van der Waals surface area contributed by atoms with E-state index < -0.39 is 0 Å². The number of benzene rings is 2. The standard InChI is InChI=1S/C19H24N2O2/c1-3-4-13-23-18-12-8-11-17(22)19(18)15(2)21-20-14-16-9-6-5-7-10-16/h5-12,20,22H,3-4,13-14H2,1-2H3/b21-15+. The number of hydrazone groups is 1. The highest BCUT2D eigenvalue weighted by molar-refractivity contribution is 6.03. The molecule has 23 heavy (non-hydrogen) atoms. The highest BCUT2D eigenvalue weighted by Gasteiger charge is 2.12. The number of nitrogens with one attached hydrogen (secondary N) is 1. The van der Waals surface area contributed by atoms with Crippen molar-refractivity contribution >= 4 is 5.71 Å². The first kappa shape index (κ1) is 16.9. The number of rotatable bonds is 8. The number of phenolic OH excluding ortho intramolecular Hbond substituents is 1. The molecule has 0 unspecified atom stereocenters. The number of aromatic hydroxyl groups is 1. The second-order valence-electron chi connectivity index (χ2n) is 5.37. The topological polar surface area (TPSA) is 53.9 Å². The summed E-state index contributed by atoms with van der Waals surface area (Å²) in [6, 6.07) is 15.4. The van der Waals surface area contributed by atoms with Gasteiger partial charge in [-0.25, -0.2) is 0 Å². The molecular weight excluding hydrogens is 288 g/mol. The molecule has 0 amide bonds. The minimum atomic E-state index is 0.182. The summed E-state index contributed by atoms with van der Waals surface area (Å²) in [5.74, 6) is 0.850. The number of nitrogens with zero attached hydrogens (tertiary/aromatic N) is 1. The Bertz CT molecular complexity index is 639. The van der Waals surface area contributed by atoms with Crippen molar-refractivity contribution in [3.8, 4) is 11.5 Å². The van der Waals surface area contributed by atoms with Gasteiger partial charge in [0.2, 0.25) is 0 Å². The lowest BCUT2D eigenvalue weighted by atomic mass is 10.1. The van der Waals surface area contributed by atoms with Gasteiger partial charge in [-0.2, -0.15) is 5.10 Å². The Morgan fingerprint density at radius 3 is 2.65 bits per heavy atom. The van der Waals surface area contributed by atoms with Crippen LogP contribution in [0.15, 0.2) is 53.6 Å². The van der Waals surface area contributed by atoms with Crippen LogP contribution >= 0.6 is 0 Å². The fraction of sp³-hybridized carbons (Fsp3) is 0.316. The number of hydrogen-bond donors (Lipinski definition) is 2. The molecule has 122 valence electrons. The summed E-state index contributed by atoms with van der Waals surface area (Å²) in [4.78, 5) is 0. The molecule has 0 aliphatic carbocycles. The number of unbranched alkanes of at least 4 members (excludes halogenated alkanes) is 1. The molecule has 2 aromatic rings. The van der Waals surface area contributed by atoms with E-state index in [4.69, 9.17) is 4.74 Å². The predicted octanol–water partition coefficient (Wildman–Crippen LogP) is 4.08. The molecule has 0 fully saturated rings. The molecule has 2 rings (SSSR count). The maximum absolute atomic E-state index is 10.1. The summed E-state index contributed by atoms with van der Waals surface area (Å²) in [5.41, 5.74) is 5.54. The van der Waals surface area contributed by atoms with E-state index >= 15 is 0 Å². The molecule has 2 aromatic carbocycles. The molecular formula is C19H24N2O2. The third-order valence-corrected chi connectivity index (χ3v) is 3.49. The van der Waals surface area contributed by atoms with E-state index in [1.54, 1.807) is 12.1 Å². The second-order valence-corrected chi connectivity index (χ2v) is 5.37. The minimum absolute atomic E-state index is 0.182. The van der Waals surface area contributed by atoms with Crippen molar-refractivity contribution in [2.75, 3.05) is 6.61 Å². The van der Waals surface area contributed by atoms with Gasteiger partial charge in [0, 0.05) is 0 Å². The van der Waals surface area contributed by atoms with E-state index in [1.165, 1.54) is 0 Å². The predicted molar refractivity (Wildman–Crippen MR) is 94.0 cm³/mol. The average molecular weight is 312 g/mol. The van der Waals surface area contributed by atoms with Crippen LogP contribution in [0.2, 0.25) is 0 Å². The maximum atomic E-state index is 10.1. The van der Waals surface area contributed by atoms with Gasteiger partial charge in [0.1, 0.15) is 11.5 Å². The van der Waals surface area contributed by atoms with Crippen molar-refractivity contribution in [1.29, 1.82) is 0 Å². The molecule has 4 heteroatoms. The van der Waals surface area contributed by atoms with Gasteiger partial charge in [0.25, 0.3) is 0 Å². The van der Waals surface area contributed by atoms with E-state index in [0.29, 0.717) is 30.2 Å². The van der Waals surface area contributed by atoms with E-state index in [-0.39, 0.29) is 5.75 Å². The minimum Gasteiger partial charge on any atom is -0.507 e. The molecule has 0 aliphatic rings. The van der Waals surface area contributed by atoms with Gasteiger partial charge in [-0.1, -0.05) is 49.7 Å². The summed E-state index contributed by atoms with van der Waals surface area (Å²) < 4.78 is 5.78. The van der Waals surface area contributed by atoms with Crippen LogP contribution in [0.5, 0.6) is 11.5 Å². The van der Waals surface area contributed by atoms with Gasteiger partial charge >= 0.3 is 0 Å². The molecule has 0 aliphatic heterocycles. The molecule has 0 heterocycles. The monoisotopic (exact) mass is 312 g/mol. The first-order valence-electron chi connectivity index (χ1n) is 7.98. The van der Waals surface area contributed by atoms with Crippen molar-refractivity contribution in [3.05, 3.63) is 59.7 Å². The first-order valence-corrected chi connectivity index (χ1v) is 7.98. The van der Waals surface area contributed by atoms with E-state index in [1.807, 2.05) is 43.3 Å². The van der Waals surface area contributed by atoms with Crippen LogP contribution in [0.4, 0.5) is 0 Å². The first-order chi connectivity index (χ1) is 11.2. The van der Waals surface area contributed by atoms with Crippen molar-refractivity contribution in [1.82, 2.24) is 5.43 Å². The van der Waals surface area contributed by atoms with E-state index in [9.17, 15) is 5.11 Å².